The molecule has 0 aliphatic carbocycles. The first-order chi connectivity index (χ1) is 12.1. The van der Waals surface area contributed by atoms with Crippen LogP contribution in [0.15, 0.2) is 59.4 Å². The van der Waals surface area contributed by atoms with E-state index in [0.29, 0.717) is 0 Å². The van der Waals surface area contributed by atoms with Gasteiger partial charge in [-0.25, -0.2) is 4.39 Å². The molecule has 0 radical (unpaired) electrons. The molecule has 0 atom stereocenters. The standard InChI is InChI=1S/C20H22FN3S/c1-14-18(12-15-5-7-17(25-2)8-6-15)20-19(4-3-11-23-20)24(14)13-16(21)9-10-22/h3-9,11H,10,12-13,22H2,1-2H3/b16-9-. The normalized spacial score (nSPS) is 12.1. The number of rotatable bonds is 6. The predicted octanol–water partition coefficient (Wildman–Crippen LogP) is 4.47. The number of pyridine rings is 1. The number of hydrogen-bond acceptors (Lipinski definition) is 3. The van der Waals surface area contributed by atoms with Crippen molar-refractivity contribution < 1.29 is 4.39 Å². The summed E-state index contributed by atoms with van der Waals surface area (Å²) in [6, 6.07) is 12.4. The van der Waals surface area contributed by atoms with E-state index in [9.17, 15) is 4.39 Å². The molecule has 25 heavy (non-hydrogen) atoms. The first kappa shape index (κ1) is 17.7. The Morgan fingerprint density at radius 2 is 2.04 bits per heavy atom. The number of allylic oxidation sites excluding steroid dienone is 1. The van der Waals surface area contributed by atoms with Crippen LogP contribution in [0.1, 0.15) is 16.8 Å². The number of hydrogen-bond donors (Lipinski definition) is 1. The van der Waals surface area contributed by atoms with Crippen molar-refractivity contribution in [3.63, 3.8) is 0 Å². The number of fused-ring (bicyclic) bond motifs is 1. The lowest BCUT2D eigenvalue weighted by Gasteiger charge is -2.07. The lowest BCUT2D eigenvalue weighted by molar-refractivity contribution is 0.554. The number of thioether (sulfide) groups is 1. The van der Waals surface area contributed by atoms with Gasteiger partial charge in [0.25, 0.3) is 0 Å². The number of aromatic nitrogens is 2. The fourth-order valence-corrected chi connectivity index (χ4v) is 3.48. The highest BCUT2D eigenvalue weighted by Crippen LogP contribution is 2.28. The Kier molecular flexibility index (Phi) is 5.56. The Morgan fingerprint density at radius 1 is 1.28 bits per heavy atom. The van der Waals surface area contributed by atoms with E-state index in [1.54, 1.807) is 18.0 Å². The van der Waals surface area contributed by atoms with Crippen LogP contribution in [0, 0.1) is 6.92 Å². The van der Waals surface area contributed by atoms with E-state index in [1.165, 1.54) is 16.5 Å². The first-order valence-corrected chi connectivity index (χ1v) is 9.46. The van der Waals surface area contributed by atoms with Crippen LogP contribution >= 0.6 is 11.8 Å². The Hall–Kier alpha value is -2.11. The van der Waals surface area contributed by atoms with Crippen molar-refractivity contribution in [1.29, 1.82) is 0 Å². The third-order valence-electron chi connectivity index (χ3n) is 4.39. The highest BCUT2D eigenvalue weighted by molar-refractivity contribution is 7.98. The van der Waals surface area contributed by atoms with Crippen LogP contribution in [0.25, 0.3) is 11.0 Å². The monoisotopic (exact) mass is 355 g/mol. The molecule has 1 aromatic carbocycles. The van der Waals surface area contributed by atoms with Gasteiger partial charge in [0.15, 0.2) is 0 Å². The number of nitrogens with two attached hydrogens (primary N) is 1. The van der Waals surface area contributed by atoms with Gasteiger partial charge in [0.2, 0.25) is 0 Å². The van der Waals surface area contributed by atoms with Crippen molar-refractivity contribution in [1.82, 2.24) is 9.55 Å². The van der Waals surface area contributed by atoms with Gasteiger partial charge in [0.1, 0.15) is 5.83 Å². The summed E-state index contributed by atoms with van der Waals surface area (Å²) in [6.07, 6.45) is 6.06. The SMILES string of the molecule is CSc1ccc(Cc2c(C)n(C/C(F)=C/CN)c3cccnc23)cc1. The first-order valence-electron chi connectivity index (χ1n) is 8.24. The van der Waals surface area contributed by atoms with Crippen molar-refractivity contribution >= 4 is 22.8 Å². The maximum Gasteiger partial charge on any atom is 0.117 e. The smallest absolute Gasteiger partial charge is 0.117 e. The summed E-state index contributed by atoms with van der Waals surface area (Å²) in [5.41, 5.74) is 10.7. The molecule has 3 nitrogen and oxygen atoms in total. The third-order valence-corrected chi connectivity index (χ3v) is 5.14. The van der Waals surface area contributed by atoms with Crippen molar-refractivity contribution in [2.75, 3.05) is 12.8 Å². The molecule has 3 aromatic rings. The maximum absolute atomic E-state index is 14.1. The summed E-state index contributed by atoms with van der Waals surface area (Å²) in [5.74, 6) is -0.220. The second kappa shape index (κ2) is 7.85. The molecular weight excluding hydrogens is 333 g/mol. The zero-order valence-electron chi connectivity index (χ0n) is 14.5. The fraction of sp³-hybridized carbons (Fsp3) is 0.250. The van der Waals surface area contributed by atoms with E-state index in [-0.39, 0.29) is 18.9 Å². The highest BCUT2D eigenvalue weighted by Gasteiger charge is 2.16. The zero-order valence-corrected chi connectivity index (χ0v) is 15.3. The summed E-state index contributed by atoms with van der Waals surface area (Å²) in [4.78, 5) is 5.80. The minimum absolute atomic E-state index is 0.191. The molecule has 2 aromatic heterocycles. The Balaban J connectivity index is 2.02. The second-order valence-electron chi connectivity index (χ2n) is 5.93. The summed E-state index contributed by atoms with van der Waals surface area (Å²) < 4.78 is 16.0. The van der Waals surface area contributed by atoms with E-state index in [2.05, 4.69) is 35.5 Å². The minimum Gasteiger partial charge on any atom is -0.336 e. The van der Waals surface area contributed by atoms with Crippen LogP contribution in [0.3, 0.4) is 0 Å². The average molecular weight is 355 g/mol. The molecule has 130 valence electrons. The Labute approximate surface area is 151 Å². The largest absolute Gasteiger partial charge is 0.336 e. The van der Waals surface area contributed by atoms with Gasteiger partial charge in [0, 0.05) is 35.3 Å². The van der Waals surface area contributed by atoms with Gasteiger partial charge >= 0.3 is 0 Å². The van der Waals surface area contributed by atoms with Crippen LogP contribution < -0.4 is 5.73 Å². The molecule has 2 heterocycles. The summed E-state index contributed by atoms with van der Waals surface area (Å²) in [5, 5.41) is 0. The van der Waals surface area contributed by atoms with Crippen LogP contribution in [-0.2, 0) is 13.0 Å². The molecule has 3 rings (SSSR count). The lowest BCUT2D eigenvalue weighted by Crippen LogP contribution is -2.04. The number of benzene rings is 1. The summed E-state index contributed by atoms with van der Waals surface area (Å²) in [7, 11) is 0. The molecule has 0 spiro atoms. The molecular formula is C20H22FN3S. The quantitative estimate of drug-likeness (QED) is 0.664. The van der Waals surface area contributed by atoms with Crippen molar-refractivity contribution in [2.24, 2.45) is 5.73 Å². The Morgan fingerprint density at radius 3 is 2.72 bits per heavy atom. The molecule has 2 N–H and O–H groups in total. The van der Waals surface area contributed by atoms with E-state index < -0.39 is 0 Å². The highest BCUT2D eigenvalue weighted by atomic mass is 32.2. The molecule has 0 amide bonds. The van der Waals surface area contributed by atoms with Gasteiger partial charge in [0.05, 0.1) is 17.6 Å². The van der Waals surface area contributed by atoms with Gasteiger partial charge < -0.3 is 10.3 Å². The molecule has 5 heteroatoms. The summed E-state index contributed by atoms with van der Waals surface area (Å²) >= 11 is 1.73. The molecule has 0 saturated heterocycles. The molecule has 0 unspecified atom stereocenters. The second-order valence-corrected chi connectivity index (χ2v) is 6.81. The molecule has 0 aliphatic heterocycles. The molecule has 0 saturated carbocycles. The van der Waals surface area contributed by atoms with Crippen molar-refractivity contribution in [2.45, 2.75) is 24.8 Å². The van der Waals surface area contributed by atoms with Gasteiger partial charge in [-0.3, -0.25) is 4.98 Å². The zero-order chi connectivity index (χ0) is 17.8. The van der Waals surface area contributed by atoms with Crippen LogP contribution in [0.4, 0.5) is 4.39 Å². The van der Waals surface area contributed by atoms with Gasteiger partial charge in [-0.05, 0) is 49.1 Å². The predicted molar refractivity (Wildman–Crippen MR) is 104 cm³/mol. The molecule has 0 bridgehead atoms. The van der Waals surface area contributed by atoms with Gasteiger partial charge in [-0.1, -0.05) is 12.1 Å². The van der Waals surface area contributed by atoms with E-state index >= 15 is 0 Å². The maximum atomic E-state index is 14.1. The van der Waals surface area contributed by atoms with Crippen molar-refractivity contribution in [3.8, 4) is 0 Å². The molecule has 0 fully saturated rings. The number of nitrogens with zero attached hydrogens (tertiary/aromatic N) is 2. The lowest BCUT2D eigenvalue weighted by atomic mass is 10.0. The topological polar surface area (TPSA) is 43.8 Å². The van der Waals surface area contributed by atoms with E-state index in [4.69, 9.17) is 5.73 Å². The van der Waals surface area contributed by atoms with Gasteiger partial charge in [-0.2, -0.15) is 0 Å². The van der Waals surface area contributed by atoms with E-state index in [0.717, 1.165) is 28.7 Å². The van der Waals surface area contributed by atoms with Crippen LogP contribution in [0.2, 0.25) is 0 Å². The average Bonchev–Trinajstić information content (AvgIpc) is 2.88. The van der Waals surface area contributed by atoms with E-state index in [1.807, 2.05) is 23.6 Å². The van der Waals surface area contributed by atoms with Crippen molar-refractivity contribution in [3.05, 3.63) is 71.3 Å². The number of halogens is 1. The van der Waals surface area contributed by atoms with Crippen LogP contribution in [0.5, 0.6) is 0 Å². The van der Waals surface area contributed by atoms with Gasteiger partial charge in [-0.15, -0.1) is 11.8 Å². The minimum atomic E-state index is -0.220. The molecule has 0 aliphatic rings. The fourth-order valence-electron chi connectivity index (χ4n) is 3.07. The van der Waals surface area contributed by atoms with Crippen LogP contribution in [-0.4, -0.2) is 22.4 Å². The third kappa shape index (κ3) is 3.78. The Bertz CT molecular complexity index is 897. The summed E-state index contributed by atoms with van der Waals surface area (Å²) in [6.45, 7) is 2.43.